The van der Waals surface area contributed by atoms with E-state index in [0.29, 0.717) is 34.6 Å². The van der Waals surface area contributed by atoms with Gasteiger partial charge in [0.15, 0.2) is 0 Å². The Morgan fingerprint density at radius 2 is 1.57 bits per heavy atom. The Kier molecular flexibility index (Phi) is 5.67. The molecule has 0 spiro atoms. The minimum atomic E-state index is 0.242. The maximum absolute atomic E-state index is 5.91. The Labute approximate surface area is 138 Å². The van der Waals surface area contributed by atoms with E-state index >= 15 is 0 Å². The van der Waals surface area contributed by atoms with Crippen molar-refractivity contribution in [3.05, 3.63) is 58.1 Å². The molecule has 0 aliphatic carbocycles. The highest BCUT2D eigenvalue weighted by Gasteiger charge is 2.07. The van der Waals surface area contributed by atoms with Crippen molar-refractivity contribution < 1.29 is 9.47 Å². The van der Waals surface area contributed by atoms with E-state index in [1.54, 1.807) is 42.5 Å². The molecule has 2 rings (SSSR count). The molecular formula is C15H13Cl2NO2S. The monoisotopic (exact) mass is 341 g/mol. The summed E-state index contributed by atoms with van der Waals surface area (Å²) in [7, 11) is 0. The van der Waals surface area contributed by atoms with Gasteiger partial charge in [-0.05, 0) is 42.5 Å². The molecule has 0 amide bonds. The van der Waals surface area contributed by atoms with E-state index in [1.807, 2.05) is 0 Å². The number of thiocarbonyl (C=S) groups is 1. The van der Waals surface area contributed by atoms with Crippen molar-refractivity contribution in [2.24, 2.45) is 5.73 Å². The third-order valence-electron chi connectivity index (χ3n) is 2.63. The molecule has 0 saturated heterocycles. The molecule has 0 heterocycles. The topological polar surface area (TPSA) is 44.5 Å². The van der Waals surface area contributed by atoms with E-state index in [1.165, 1.54) is 0 Å². The van der Waals surface area contributed by atoms with Crippen LogP contribution in [0.2, 0.25) is 10.0 Å². The van der Waals surface area contributed by atoms with Crippen LogP contribution < -0.4 is 15.2 Å². The van der Waals surface area contributed by atoms with Gasteiger partial charge in [-0.25, -0.2) is 0 Å². The highest BCUT2D eigenvalue weighted by molar-refractivity contribution is 7.80. The Bertz CT molecular complexity index is 632. The van der Waals surface area contributed by atoms with Crippen LogP contribution in [0.5, 0.6) is 11.5 Å². The molecule has 6 heteroatoms. The van der Waals surface area contributed by atoms with Gasteiger partial charge >= 0.3 is 0 Å². The molecule has 0 unspecified atom stereocenters. The number of halogens is 2. The van der Waals surface area contributed by atoms with Crippen LogP contribution in [0.4, 0.5) is 0 Å². The van der Waals surface area contributed by atoms with E-state index in [2.05, 4.69) is 0 Å². The SMILES string of the molecule is NC(=S)c1cc(Cl)ccc1OCCOc1ccc(Cl)cc1. The minimum Gasteiger partial charge on any atom is -0.490 e. The van der Waals surface area contributed by atoms with Gasteiger partial charge in [0, 0.05) is 10.0 Å². The van der Waals surface area contributed by atoms with Gasteiger partial charge in [0.2, 0.25) is 0 Å². The van der Waals surface area contributed by atoms with Gasteiger partial charge < -0.3 is 15.2 Å². The van der Waals surface area contributed by atoms with Crippen molar-refractivity contribution in [2.75, 3.05) is 13.2 Å². The van der Waals surface area contributed by atoms with Crippen LogP contribution >= 0.6 is 35.4 Å². The van der Waals surface area contributed by atoms with Gasteiger partial charge in [-0.1, -0.05) is 35.4 Å². The molecule has 0 fully saturated rings. The van der Waals surface area contributed by atoms with Crippen molar-refractivity contribution in [3.63, 3.8) is 0 Å². The first-order chi connectivity index (χ1) is 10.1. The normalized spacial score (nSPS) is 10.2. The number of ether oxygens (including phenoxy) is 2. The van der Waals surface area contributed by atoms with Crippen molar-refractivity contribution in [1.82, 2.24) is 0 Å². The number of hydrogen-bond acceptors (Lipinski definition) is 3. The molecule has 0 aliphatic rings. The number of rotatable bonds is 6. The molecule has 2 N–H and O–H groups in total. The number of hydrogen-bond donors (Lipinski definition) is 1. The fourth-order valence-electron chi connectivity index (χ4n) is 1.66. The van der Waals surface area contributed by atoms with E-state index < -0.39 is 0 Å². The lowest BCUT2D eigenvalue weighted by Gasteiger charge is -2.12. The summed E-state index contributed by atoms with van der Waals surface area (Å²) in [4.78, 5) is 0.242. The highest BCUT2D eigenvalue weighted by Crippen LogP contribution is 2.23. The first-order valence-electron chi connectivity index (χ1n) is 6.17. The Morgan fingerprint density at radius 3 is 2.24 bits per heavy atom. The molecule has 2 aromatic carbocycles. The molecule has 0 bridgehead atoms. The second-order valence-corrected chi connectivity index (χ2v) is 5.47. The minimum absolute atomic E-state index is 0.242. The summed E-state index contributed by atoms with van der Waals surface area (Å²) >= 11 is 16.7. The summed E-state index contributed by atoms with van der Waals surface area (Å²) in [6.07, 6.45) is 0. The molecule has 0 aromatic heterocycles. The molecule has 21 heavy (non-hydrogen) atoms. The Morgan fingerprint density at radius 1 is 0.952 bits per heavy atom. The first-order valence-corrected chi connectivity index (χ1v) is 7.33. The molecule has 0 saturated carbocycles. The zero-order valence-electron chi connectivity index (χ0n) is 11.0. The molecule has 110 valence electrons. The smallest absolute Gasteiger partial charge is 0.129 e. The predicted molar refractivity (Wildman–Crippen MR) is 89.8 cm³/mol. The Hall–Kier alpha value is -1.49. The third-order valence-corrected chi connectivity index (χ3v) is 3.34. The van der Waals surface area contributed by atoms with Gasteiger partial charge in [0.05, 0.1) is 5.56 Å². The van der Waals surface area contributed by atoms with Crippen molar-refractivity contribution in [1.29, 1.82) is 0 Å². The first kappa shape index (κ1) is 15.9. The average Bonchev–Trinajstić information content (AvgIpc) is 2.46. The average molecular weight is 342 g/mol. The van der Waals surface area contributed by atoms with Crippen LogP contribution in [0, 0.1) is 0 Å². The molecular weight excluding hydrogens is 329 g/mol. The van der Waals surface area contributed by atoms with Crippen molar-refractivity contribution >= 4 is 40.4 Å². The molecule has 0 aliphatic heterocycles. The second-order valence-electron chi connectivity index (χ2n) is 4.16. The summed E-state index contributed by atoms with van der Waals surface area (Å²) in [5.74, 6) is 1.32. The van der Waals surface area contributed by atoms with Crippen molar-refractivity contribution in [3.8, 4) is 11.5 Å². The zero-order chi connectivity index (χ0) is 15.2. The summed E-state index contributed by atoms with van der Waals surface area (Å²) in [6, 6.07) is 12.3. The summed E-state index contributed by atoms with van der Waals surface area (Å²) in [6.45, 7) is 0.751. The lowest BCUT2D eigenvalue weighted by molar-refractivity contribution is 0.217. The van der Waals surface area contributed by atoms with Gasteiger partial charge in [-0.3, -0.25) is 0 Å². The largest absolute Gasteiger partial charge is 0.490 e. The van der Waals surface area contributed by atoms with Crippen LogP contribution in [0.1, 0.15) is 5.56 Å². The van der Waals surface area contributed by atoms with Gasteiger partial charge in [-0.15, -0.1) is 0 Å². The second kappa shape index (κ2) is 7.50. The van der Waals surface area contributed by atoms with Crippen LogP contribution in [0.15, 0.2) is 42.5 Å². The summed E-state index contributed by atoms with van der Waals surface area (Å²) in [5, 5.41) is 1.23. The van der Waals surface area contributed by atoms with Crippen LogP contribution in [-0.2, 0) is 0 Å². The third kappa shape index (κ3) is 4.77. The molecule has 0 atom stereocenters. The molecule has 2 aromatic rings. The zero-order valence-corrected chi connectivity index (χ0v) is 13.3. The van der Waals surface area contributed by atoms with E-state index in [0.717, 1.165) is 5.75 Å². The maximum atomic E-state index is 5.91. The van der Waals surface area contributed by atoms with Crippen LogP contribution in [0.3, 0.4) is 0 Å². The van der Waals surface area contributed by atoms with Gasteiger partial charge in [-0.2, -0.15) is 0 Å². The number of benzene rings is 2. The summed E-state index contributed by atoms with van der Waals surface area (Å²) in [5.41, 5.74) is 6.26. The quantitative estimate of drug-likeness (QED) is 0.634. The van der Waals surface area contributed by atoms with E-state index in [4.69, 9.17) is 50.6 Å². The van der Waals surface area contributed by atoms with E-state index in [-0.39, 0.29) is 4.99 Å². The lowest BCUT2D eigenvalue weighted by atomic mass is 10.2. The fraction of sp³-hybridized carbons (Fsp3) is 0.133. The Balaban J connectivity index is 1.89. The lowest BCUT2D eigenvalue weighted by Crippen LogP contribution is -2.14. The summed E-state index contributed by atoms with van der Waals surface area (Å²) < 4.78 is 11.2. The highest BCUT2D eigenvalue weighted by atomic mass is 35.5. The fourth-order valence-corrected chi connectivity index (χ4v) is 2.12. The molecule has 0 radical (unpaired) electrons. The predicted octanol–water partition coefficient (Wildman–Crippen LogP) is 4.09. The standard InChI is InChI=1S/C15H13Cl2NO2S/c16-10-1-4-12(5-2-10)19-7-8-20-14-6-3-11(17)9-13(14)15(18)21/h1-6,9H,7-8H2,(H2,18,21). The van der Waals surface area contributed by atoms with Crippen LogP contribution in [-0.4, -0.2) is 18.2 Å². The van der Waals surface area contributed by atoms with Gasteiger partial charge in [0.1, 0.15) is 29.7 Å². The van der Waals surface area contributed by atoms with Crippen molar-refractivity contribution in [2.45, 2.75) is 0 Å². The van der Waals surface area contributed by atoms with Gasteiger partial charge in [0.25, 0.3) is 0 Å². The van der Waals surface area contributed by atoms with Crippen LogP contribution in [0.25, 0.3) is 0 Å². The molecule has 3 nitrogen and oxygen atoms in total. The maximum Gasteiger partial charge on any atom is 0.129 e. The number of nitrogens with two attached hydrogens (primary N) is 1. The van der Waals surface area contributed by atoms with E-state index in [9.17, 15) is 0 Å².